The Morgan fingerprint density at radius 2 is 2.00 bits per heavy atom. The second kappa shape index (κ2) is 5.14. The van der Waals surface area contributed by atoms with E-state index in [1.807, 2.05) is 6.07 Å². The summed E-state index contributed by atoms with van der Waals surface area (Å²) in [7, 11) is 0. The molecule has 0 aliphatic carbocycles. The number of carboxylic acids is 1. The van der Waals surface area contributed by atoms with Gasteiger partial charge in [-0.1, -0.05) is 18.2 Å². The Labute approximate surface area is 120 Å². The van der Waals surface area contributed by atoms with Gasteiger partial charge in [-0.15, -0.1) is 0 Å². The maximum atomic E-state index is 12.6. The number of aliphatic hydroxyl groups is 1. The highest BCUT2D eigenvalue weighted by Gasteiger charge is 2.39. The van der Waals surface area contributed by atoms with E-state index in [0.717, 1.165) is 0 Å². The zero-order valence-electron chi connectivity index (χ0n) is 11.1. The van der Waals surface area contributed by atoms with Crippen LogP contribution in [0.4, 0.5) is 0 Å². The number of nitrogens with zero attached hydrogens (tertiary/aromatic N) is 2. The normalized spacial score (nSPS) is 21.7. The number of β-amino-alcohol motifs (C(OH)–C–C–N with tert-alkyl or cyclic N) is 1. The molecule has 0 radical (unpaired) electrons. The van der Waals surface area contributed by atoms with E-state index >= 15 is 0 Å². The highest BCUT2D eigenvalue weighted by Crippen LogP contribution is 2.24. The molecule has 21 heavy (non-hydrogen) atoms. The van der Waals surface area contributed by atoms with Gasteiger partial charge in [0.2, 0.25) is 0 Å². The number of carbonyl (C=O) groups is 2. The molecule has 1 aliphatic rings. The van der Waals surface area contributed by atoms with Crippen LogP contribution in [-0.2, 0) is 4.79 Å². The number of carboxylic acid groups (broad SMARTS) is 1. The minimum atomic E-state index is -1.10. The van der Waals surface area contributed by atoms with Crippen molar-refractivity contribution in [2.24, 2.45) is 0 Å². The van der Waals surface area contributed by atoms with Crippen LogP contribution in [0.3, 0.4) is 0 Å². The summed E-state index contributed by atoms with van der Waals surface area (Å²) in [5, 5.41) is 19.5. The third kappa shape index (κ3) is 2.34. The van der Waals surface area contributed by atoms with Crippen LogP contribution in [0.25, 0.3) is 10.9 Å². The number of amides is 1. The molecule has 1 aliphatic heterocycles. The second-order valence-corrected chi connectivity index (χ2v) is 5.08. The van der Waals surface area contributed by atoms with Crippen molar-refractivity contribution in [3.63, 3.8) is 0 Å². The standard InChI is InChI=1S/C15H14N2O4/c18-9-7-13(15(20)21)17(8-9)14(19)11-5-6-16-12-4-2-1-3-10(11)12/h1-6,9,13,18H,7-8H2,(H,20,21). The van der Waals surface area contributed by atoms with Gasteiger partial charge in [0.25, 0.3) is 5.91 Å². The summed E-state index contributed by atoms with van der Waals surface area (Å²) in [6.07, 6.45) is 0.783. The van der Waals surface area contributed by atoms with Crippen LogP contribution in [0.1, 0.15) is 16.8 Å². The number of hydrogen-bond donors (Lipinski definition) is 2. The Morgan fingerprint density at radius 3 is 2.76 bits per heavy atom. The molecule has 0 spiro atoms. The van der Waals surface area contributed by atoms with Gasteiger partial charge in [-0.05, 0) is 12.1 Å². The van der Waals surface area contributed by atoms with Crippen LogP contribution in [-0.4, -0.2) is 50.7 Å². The van der Waals surface area contributed by atoms with Crippen LogP contribution >= 0.6 is 0 Å². The topological polar surface area (TPSA) is 90.7 Å². The Kier molecular flexibility index (Phi) is 3.31. The molecule has 1 fully saturated rings. The van der Waals surface area contributed by atoms with E-state index in [9.17, 15) is 19.8 Å². The average Bonchev–Trinajstić information content (AvgIpc) is 2.88. The number of likely N-dealkylation sites (tertiary alicyclic amines) is 1. The zero-order chi connectivity index (χ0) is 15.0. The summed E-state index contributed by atoms with van der Waals surface area (Å²) in [4.78, 5) is 29.3. The number of aliphatic hydroxyl groups excluding tert-OH is 1. The molecule has 2 aromatic rings. The molecule has 1 amide bonds. The first-order valence-corrected chi connectivity index (χ1v) is 6.63. The molecule has 1 aromatic heterocycles. The smallest absolute Gasteiger partial charge is 0.326 e. The molecule has 2 heterocycles. The van der Waals surface area contributed by atoms with Crippen LogP contribution in [0, 0.1) is 0 Å². The van der Waals surface area contributed by atoms with Gasteiger partial charge in [0.15, 0.2) is 0 Å². The Balaban J connectivity index is 2.02. The van der Waals surface area contributed by atoms with Gasteiger partial charge in [-0.2, -0.15) is 0 Å². The molecule has 6 heteroatoms. The average molecular weight is 286 g/mol. The van der Waals surface area contributed by atoms with Crippen molar-refractivity contribution in [2.45, 2.75) is 18.6 Å². The zero-order valence-corrected chi connectivity index (χ0v) is 11.1. The minimum absolute atomic E-state index is 0.0342. The summed E-state index contributed by atoms with van der Waals surface area (Å²) in [6.45, 7) is 0.0342. The highest BCUT2D eigenvalue weighted by atomic mass is 16.4. The van der Waals surface area contributed by atoms with Crippen molar-refractivity contribution in [3.05, 3.63) is 42.1 Å². The molecule has 2 atom stereocenters. The lowest BCUT2D eigenvalue weighted by Crippen LogP contribution is -2.40. The van der Waals surface area contributed by atoms with Crippen LogP contribution in [0.5, 0.6) is 0 Å². The number of benzene rings is 1. The molecule has 6 nitrogen and oxygen atoms in total. The predicted octanol–water partition coefficient (Wildman–Crippen LogP) is 0.895. The Bertz CT molecular complexity index is 710. The molecular weight excluding hydrogens is 272 g/mol. The predicted molar refractivity (Wildman–Crippen MR) is 74.8 cm³/mol. The van der Waals surface area contributed by atoms with Gasteiger partial charge in [-0.25, -0.2) is 4.79 Å². The largest absolute Gasteiger partial charge is 0.480 e. The molecular formula is C15H14N2O4. The molecule has 1 aromatic carbocycles. The lowest BCUT2D eigenvalue weighted by atomic mass is 10.1. The van der Waals surface area contributed by atoms with Gasteiger partial charge in [-0.3, -0.25) is 9.78 Å². The van der Waals surface area contributed by atoms with E-state index in [4.69, 9.17) is 0 Å². The quantitative estimate of drug-likeness (QED) is 0.855. The number of pyridine rings is 1. The first-order valence-electron chi connectivity index (χ1n) is 6.63. The van der Waals surface area contributed by atoms with Crippen molar-refractivity contribution >= 4 is 22.8 Å². The number of aliphatic carboxylic acids is 1. The van der Waals surface area contributed by atoms with Gasteiger partial charge >= 0.3 is 5.97 Å². The van der Waals surface area contributed by atoms with Crippen molar-refractivity contribution in [3.8, 4) is 0 Å². The fourth-order valence-electron chi connectivity index (χ4n) is 2.71. The van der Waals surface area contributed by atoms with E-state index < -0.39 is 24.0 Å². The van der Waals surface area contributed by atoms with Crippen LogP contribution < -0.4 is 0 Å². The maximum absolute atomic E-state index is 12.6. The van der Waals surface area contributed by atoms with Gasteiger partial charge in [0.1, 0.15) is 6.04 Å². The summed E-state index contributed by atoms with van der Waals surface area (Å²) < 4.78 is 0. The van der Waals surface area contributed by atoms with Gasteiger partial charge in [0, 0.05) is 24.5 Å². The van der Waals surface area contributed by atoms with Crippen molar-refractivity contribution < 1.29 is 19.8 Å². The Morgan fingerprint density at radius 1 is 1.24 bits per heavy atom. The van der Waals surface area contributed by atoms with E-state index in [0.29, 0.717) is 16.5 Å². The number of para-hydroxylation sites is 1. The molecule has 2 unspecified atom stereocenters. The third-order valence-electron chi connectivity index (χ3n) is 3.70. The lowest BCUT2D eigenvalue weighted by Gasteiger charge is -2.21. The molecule has 0 saturated carbocycles. The number of fused-ring (bicyclic) bond motifs is 1. The molecule has 108 valence electrons. The van der Waals surface area contributed by atoms with E-state index in [2.05, 4.69) is 4.98 Å². The van der Waals surface area contributed by atoms with E-state index in [-0.39, 0.29) is 13.0 Å². The number of aromatic nitrogens is 1. The molecule has 1 saturated heterocycles. The summed E-state index contributed by atoms with van der Waals surface area (Å²) >= 11 is 0. The van der Waals surface area contributed by atoms with E-state index in [1.54, 1.807) is 24.3 Å². The van der Waals surface area contributed by atoms with Crippen molar-refractivity contribution in [1.82, 2.24) is 9.88 Å². The summed E-state index contributed by atoms with van der Waals surface area (Å²) in [5.41, 5.74) is 1.08. The number of hydrogen-bond acceptors (Lipinski definition) is 4. The van der Waals surface area contributed by atoms with Crippen molar-refractivity contribution in [1.29, 1.82) is 0 Å². The first-order chi connectivity index (χ1) is 10.1. The van der Waals surface area contributed by atoms with Gasteiger partial charge in [0.05, 0.1) is 17.2 Å². The monoisotopic (exact) mass is 286 g/mol. The van der Waals surface area contributed by atoms with Crippen LogP contribution in [0.15, 0.2) is 36.5 Å². The fourth-order valence-corrected chi connectivity index (χ4v) is 2.71. The fraction of sp³-hybridized carbons (Fsp3) is 0.267. The highest BCUT2D eigenvalue weighted by molar-refractivity contribution is 6.07. The molecule has 2 N–H and O–H groups in total. The second-order valence-electron chi connectivity index (χ2n) is 5.08. The number of rotatable bonds is 2. The Hall–Kier alpha value is -2.47. The summed E-state index contributed by atoms with van der Waals surface area (Å²) in [5.74, 6) is -1.49. The minimum Gasteiger partial charge on any atom is -0.480 e. The van der Waals surface area contributed by atoms with Crippen molar-refractivity contribution in [2.75, 3.05) is 6.54 Å². The van der Waals surface area contributed by atoms with Crippen LogP contribution in [0.2, 0.25) is 0 Å². The SMILES string of the molecule is O=C(O)C1CC(O)CN1C(=O)c1ccnc2ccccc12. The third-order valence-corrected chi connectivity index (χ3v) is 3.70. The van der Waals surface area contributed by atoms with E-state index in [1.165, 1.54) is 11.1 Å². The van der Waals surface area contributed by atoms with Gasteiger partial charge < -0.3 is 15.1 Å². The lowest BCUT2D eigenvalue weighted by molar-refractivity contribution is -0.141. The molecule has 0 bridgehead atoms. The summed E-state index contributed by atoms with van der Waals surface area (Å²) in [6, 6.07) is 7.78. The maximum Gasteiger partial charge on any atom is 0.326 e. The first kappa shape index (κ1) is 13.5. The number of carbonyl (C=O) groups excluding carboxylic acids is 1. The molecule has 3 rings (SSSR count).